The Hall–Kier alpha value is -1.30. The van der Waals surface area contributed by atoms with Gasteiger partial charge in [0.25, 0.3) is 0 Å². The summed E-state index contributed by atoms with van der Waals surface area (Å²) in [4.78, 5) is 25.5. The normalized spacial score (nSPS) is 18.2. The molecule has 128 valence electrons. The van der Waals surface area contributed by atoms with Crippen LogP contribution >= 0.6 is 0 Å². The molecule has 0 aliphatic carbocycles. The van der Waals surface area contributed by atoms with Gasteiger partial charge in [-0.2, -0.15) is 0 Å². The highest BCUT2D eigenvalue weighted by Gasteiger charge is 2.27. The van der Waals surface area contributed by atoms with Gasteiger partial charge in [-0.3, -0.25) is 4.79 Å². The molecule has 1 aliphatic heterocycles. The molecular formula is C16H31N3O3. The second-order valence-electron chi connectivity index (χ2n) is 7.43. The summed E-state index contributed by atoms with van der Waals surface area (Å²) >= 11 is 0. The topological polar surface area (TPSA) is 84.7 Å². The summed E-state index contributed by atoms with van der Waals surface area (Å²) in [5.41, 5.74) is 5.35. The van der Waals surface area contributed by atoms with Gasteiger partial charge in [0.2, 0.25) is 5.91 Å². The van der Waals surface area contributed by atoms with Crippen molar-refractivity contribution in [3.05, 3.63) is 0 Å². The van der Waals surface area contributed by atoms with Crippen molar-refractivity contribution >= 4 is 12.0 Å². The van der Waals surface area contributed by atoms with E-state index in [0.29, 0.717) is 25.6 Å². The van der Waals surface area contributed by atoms with Gasteiger partial charge >= 0.3 is 6.09 Å². The molecule has 0 aromatic carbocycles. The average molecular weight is 313 g/mol. The highest BCUT2D eigenvalue weighted by atomic mass is 16.6. The average Bonchev–Trinajstić information content (AvgIpc) is 2.42. The number of piperidine rings is 1. The summed E-state index contributed by atoms with van der Waals surface area (Å²) in [5.74, 6) is 0.431. The van der Waals surface area contributed by atoms with Gasteiger partial charge in [-0.1, -0.05) is 13.8 Å². The van der Waals surface area contributed by atoms with Crippen LogP contribution in [0.5, 0.6) is 0 Å². The summed E-state index contributed by atoms with van der Waals surface area (Å²) in [5, 5.41) is 2.92. The van der Waals surface area contributed by atoms with Crippen LogP contribution in [0.1, 0.15) is 47.5 Å². The van der Waals surface area contributed by atoms with E-state index in [0.717, 1.165) is 12.8 Å². The van der Waals surface area contributed by atoms with Crippen molar-refractivity contribution in [1.82, 2.24) is 10.2 Å². The molecule has 0 aromatic rings. The van der Waals surface area contributed by atoms with Crippen LogP contribution in [-0.4, -0.2) is 48.2 Å². The van der Waals surface area contributed by atoms with Gasteiger partial charge in [0, 0.05) is 19.6 Å². The minimum Gasteiger partial charge on any atom is -0.444 e. The lowest BCUT2D eigenvalue weighted by molar-refractivity contribution is -0.123. The minimum absolute atomic E-state index is 0.0930. The lowest BCUT2D eigenvalue weighted by atomic mass is 9.96. The Morgan fingerprint density at radius 2 is 1.82 bits per heavy atom. The van der Waals surface area contributed by atoms with Gasteiger partial charge in [-0.15, -0.1) is 0 Å². The molecule has 0 radical (unpaired) electrons. The first-order valence-corrected chi connectivity index (χ1v) is 8.11. The predicted molar refractivity (Wildman–Crippen MR) is 86.4 cm³/mol. The van der Waals surface area contributed by atoms with Crippen molar-refractivity contribution in [2.45, 2.75) is 59.1 Å². The third-order valence-electron chi connectivity index (χ3n) is 3.85. The standard InChI is InChI=1S/C16H31N3O3/c1-11(2)13(17)14(20)18-10-12-6-8-19(9-7-12)15(21)22-16(3,4)5/h11-13H,6-10,17H2,1-5H3,(H,18,20)/t13-/m1/s1. The van der Waals surface area contributed by atoms with Crippen LogP contribution in [0.4, 0.5) is 4.79 Å². The van der Waals surface area contributed by atoms with Gasteiger partial charge < -0.3 is 20.7 Å². The Bertz CT molecular complexity index is 383. The van der Waals surface area contributed by atoms with Crippen LogP contribution in [0.3, 0.4) is 0 Å². The molecule has 1 rings (SSSR count). The predicted octanol–water partition coefficient (Wildman–Crippen LogP) is 1.73. The fraction of sp³-hybridized carbons (Fsp3) is 0.875. The quantitative estimate of drug-likeness (QED) is 0.828. The van der Waals surface area contributed by atoms with Crippen molar-refractivity contribution in [1.29, 1.82) is 0 Å². The van der Waals surface area contributed by atoms with E-state index < -0.39 is 11.6 Å². The number of hydrogen-bond donors (Lipinski definition) is 2. The number of ether oxygens (including phenoxy) is 1. The lowest BCUT2D eigenvalue weighted by Gasteiger charge is -2.33. The fourth-order valence-electron chi connectivity index (χ4n) is 2.31. The summed E-state index contributed by atoms with van der Waals surface area (Å²) in [6.07, 6.45) is 1.49. The number of likely N-dealkylation sites (tertiary alicyclic amines) is 1. The van der Waals surface area contributed by atoms with E-state index in [-0.39, 0.29) is 17.9 Å². The van der Waals surface area contributed by atoms with Crippen LogP contribution in [0.2, 0.25) is 0 Å². The molecule has 3 N–H and O–H groups in total. The molecule has 1 aliphatic rings. The monoisotopic (exact) mass is 313 g/mol. The van der Waals surface area contributed by atoms with Crippen LogP contribution in [0.25, 0.3) is 0 Å². The highest BCUT2D eigenvalue weighted by Crippen LogP contribution is 2.19. The Morgan fingerprint density at radius 3 is 2.27 bits per heavy atom. The summed E-state index contributed by atoms with van der Waals surface area (Å²) in [6.45, 7) is 11.4. The molecular weight excluding hydrogens is 282 g/mol. The van der Waals surface area contributed by atoms with Gasteiger partial charge in [-0.05, 0) is 45.4 Å². The minimum atomic E-state index is -0.463. The highest BCUT2D eigenvalue weighted by molar-refractivity contribution is 5.81. The maximum absolute atomic E-state index is 12.0. The molecule has 2 amide bonds. The smallest absolute Gasteiger partial charge is 0.410 e. The van der Waals surface area contributed by atoms with Crippen molar-refractivity contribution in [2.75, 3.05) is 19.6 Å². The summed E-state index contributed by atoms with van der Waals surface area (Å²) in [6, 6.07) is -0.457. The van der Waals surface area contributed by atoms with E-state index >= 15 is 0 Å². The van der Waals surface area contributed by atoms with E-state index in [1.165, 1.54) is 0 Å². The molecule has 1 fully saturated rings. The Labute approximate surface area is 133 Å². The second-order valence-corrected chi connectivity index (χ2v) is 7.43. The molecule has 6 nitrogen and oxygen atoms in total. The van der Waals surface area contributed by atoms with Crippen molar-refractivity contribution < 1.29 is 14.3 Å². The number of rotatable bonds is 4. The van der Waals surface area contributed by atoms with Crippen LogP contribution < -0.4 is 11.1 Å². The van der Waals surface area contributed by atoms with E-state index in [1.807, 2.05) is 34.6 Å². The molecule has 1 atom stereocenters. The molecule has 0 aromatic heterocycles. The van der Waals surface area contributed by atoms with Crippen LogP contribution in [0.15, 0.2) is 0 Å². The number of hydrogen-bond acceptors (Lipinski definition) is 4. The van der Waals surface area contributed by atoms with E-state index in [9.17, 15) is 9.59 Å². The zero-order chi connectivity index (χ0) is 16.9. The molecule has 0 spiro atoms. The van der Waals surface area contributed by atoms with Gasteiger partial charge in [0.15, 0.2) is 0 Å². The number of carbonyl (C=O) groups excluding carboxylic acids is 2. The third-order valence-corrected chi connectivity index (χ3v) is 3.85. The Kier molecular flexibility index (Phi) is 6.66. The Morgan fingerprint density at radius 1 is 1.27 bits per heavy atom. The van der Waals surface area contributed by atoms with Crippen LogP contribution in [0, 0.1) is 11.8 Å². The molecule has 1 heterocycles. The summed E-state index contributed by atoms with van der Waals surface area (Å²) in [7, 11) is 0. The number of carbonyl (C=O) groups is 2. The first kappa shape index (κ1) is 18.7. The molecule has 22 heavy (non-hydrogen) atoms. The third kappa shape index (κ3) is 6.22. The van der Waals surface area contributed by atoms with Gasteiger partial charge in [0.1, 0.15) is 5.60 Å². The van der Waals surface area contributed by atoms with E-state index in [1.54, 1.807) is 4.90 Å². The van der Waals surface area contributed by atoms with Gasteiger partial charge in [-0.25, -0.2) is 4.79 Å². The summed E-state index contributed by atoms with van der Waals surface area (Å²) < 4.78 is 5.37. The van der Waals surface area contributed by atoms with E-state index in [2.05, 4.69) is 5.32 Å². The first-order valence-electron chi connectivity index (χ1n) is 8.11. The molecule has 1 saturated heterocycles. The largest absolute Gasteiger partial charge is 0.444 e. The number of nitrogens with one attached hydrogen (secondary N) is 1. The SMILES string of the molecule is CC(C)[C@@H](N)C(=O)NCC1CCN(C(=O)OC(C)(C)C)CC1. The maximum atomic E-state index is 12.0. The van der Waals surface area contributed by atoms with Crippen molar-refractivity contribution in [2.24, 2.45) is 17.6 Å². The number of nitrogens with two attached hydrogens (primary N) is 1. The molecule has 6 heteroatoms. The maximum Gasteiger partial charge on any atom is 0.410 e. The molecule has 0 unspecified atom stereocenters. The Balaban J connectivity index is 2.31. The zero-order valence-corrected chi connectivity index (χ0v) is 14.5. The van der Waals surface area contributed by atoms with Gasteiger partial charge in [0.05, 0.1) is 6.04 Å². The van der Waals surface area contributed by atoms with Crippen molar-refractivity contribution in [3.63, 3.8) is 0 Å². The zero-order valence-electron chi connectivity index (χ0n) is 14.5. The number of nitrogens with zero attached hydrogens (tertiary/aromatic N) is 1. The number of amides is 2. The fourth-order valence-corrected chi connectivity index (χ4v) is 2.31. The first-order chi connectivity index (χ1) is 10.1. The molecule has 0 saturated carbocycles. The van der Waals surface area contributed by atoms with Crippen molar-refractivity contribution in [3.8, 4) is 0 Å². The lowest BCUT2D eigenvalue weighted by Crippen LogP contribution is -2.47. The molecule has 0 bridgehead atoms. The van der Waals surface area contributed by atoms with Crippen LogP contribution in [-0.2, 0) is 9.53 Å². The van der Waals surface area contributed by atoms with E-state index in [4.69, 9.17) is 10.5 Å². The second kappa shape index (κ2) is 7.81.